The van der Waals surface area contributed by atoms with Gasteiger partial charge in [0.05, 0.1) is 0 Å². The molecule has 2 aliphatic carbocycles. The lowest BCUT2D eigenvalue weighted by molar-refractivity contribution is 0.194. The molecule has 16 heavy (non-hydrogen) atoms. The minimum atomic E-state index is 1.07. The maximum atomic E-state index is 3.83. The van der Waals surface area contributed by atoms with Crippen LogP contribution in [0.3, 0.4) is 0 Å². The molecule has 0 saturated heterocycles. The predicted octanol–water partition coefficient (Wildman–Crippen LogP) is 5.34. The van der Waals surface area contributed by atoms with E-state index in [9.17, 15) is 0 Å². The van der Waals surface area contributed by atoms with E-state index in [4.69, 9.17) is 0 Å². The van der Waals surface area contributed by atoms with Gasteiger partial charge in [0.15, 0.2) is 0 Å². The zero-order valence-corrected chi connectivity index (χ0v) is 10.8. The van der Waals surface area contributed by atoms with Crippen LogP contribution in [0, 0.1) is 17.8 Å². The van der Waals surface area contributed by atoms with Crippen molar-refractivity contribution in [1.82, 2.24) is 0 Å². The van der Waals surface area contributed by atoms with Crippen LogP contribution >= 0.6 is 0 Å². The van der Waals surface area contributed by atoms with Crippen molar-refractivity contribution < 1.29 is 0 Å². The minimum Gasteiger partial charge on any atom is -0.103 e. The van der Waals surface area contributed by atoms with E-state index in [1.165, 1.54) is 51.4 Å². The van der Waals surface area contributed by atoms with Gasteiger partial charge in [0.2, 0.25) is 0 Å². The van der Waals surface area contributed by atoms with E-state index in [0.717, 1.165) is 17.8 Å². The zero-order chi connectivity index (χ0) is 11.2. The molecule has 2 fully saturated rings. The molecule has 0 nitrogen and oxygen atoms in total. The molecule has 1 unspecified atom stereocenters. The Bertz CT molecular complexity index is 200. The summed E-state index contributed by atoms with van der Waals surface area (Å²) in [6.45, 7) is 3.83. The van der Waals surface area contributed by atoms with E-state index in [0.29, 0.717) is 0 Å². The molecular formula is C16H28. The Labute approximate surface area is 102 Å². The maximum absolute atomic E-state index is 3.83. The first kappa shape index (κ1) is 12.2. The second-order valence-electron chi connectivity index (χ2n) is 5.97. The van der Waals surface area contributed by atoms with Crippen LogP contribution in [-0.2, 0) is 0 Å². The first-order chi connectivity index (χ1) is 7.92. The number of allylic oxidation sites excluding steroid dienone is 1. The standard InChI is InChI=1S/C16H28/c1-2-3-5-9-15-12-8-13-16(15)14-10-6-4-7-11-14/h2,14-16H,1,3-13H2/t15-,16?/m0/s1. The van der Waals surface area contributed by atoms with Gasteiger partial charge in [-0.25, -0.2) is 0 Å². The van der Waals surface area contributed by atoms with E-state index in [2.05, 4.69) is 12.7 Å². The molecule has 2 saturated carbocycles. The van der Waals surface area contributed by atoms with Crippen molar-refractivity contribution >= 4 is 0 Å². The Hall–Kier alpha value is -0.260. The van der Waals surface area contributed by atoms with E-state index in [-0.39, 0.29) is 0 Å². The van der Waals surface area contributed by atoms with Gasteiger partial charge in [0.25, 0.3) is 0 Å². The molecule has 0 heterocycles. The lowest BCUT2D eigenvalue weighted by atomic mass is 9.74. The van der Waals surface area contributed by atoms with E-state index in [1.54, 1.807) is 19.3 Å². The van der Waals surface area contributed by atoms with Gasteiger partial charge < -0.3 is 0 Å². The van der Waals surface area contributed by atoms with Gasteiger partial charge in [-0.15, -0.1) is 6.58 Å². The molecule has 0 amide bonds. The zero-order valence-electron chi connectivity index (χ0n) is 10.8. The van der Waals surface area contributed by atoms with Crippen molar-refractivity contribution in [3.8, 4) is 0 Å². The maximum Gasteiger partial charge on any atom is -0.0353 e. The average Bonchev–Trinajstić information content (AvgIpc) is 2.79. The molecule has 0 aromatic carbocycles. The highest BCUT2D eigenvalue weighted by molar-refractivity contribution is 4.84. The van der Waals surface area contributed by atoms with Crippen LogP contribution in [0.15, 0.2) is 12.7 Å². The molecule has 2 aliphatic rings. The Morgan fingerprint density at radius 1 is 0.938 bits per heavy atom. The molecule has 92 valence electrons. The van der Waals surface area contributed by atoms with Crippen molar-refractivity contribution in [2.75, 3.05) is 0 Å². The average molecular weight is 220 g/mol. The van der Waals surface area contributed by atoms with Gasteiger partial charge in [-0.3, -0.25) is 0 Å². The third-order valence-corrected chi connectivity index (χ3v) is 4.96. The monoisotopic (exact) mass is 220 g/mol. The van der Waals surface area contributed by atoms with Crippen LogP contribution in [0.1, 0.15) is 70.6 Å². The molecule has 0 radical (unpaired) electrons. The number of unbranched alkanes of at least 4 members (excludes halogenated alkanes) is 1. The molecule has 0 aromatic heterocycles. The molecule has 2 rings (SSSR count). The van der Waals surface area contributed by atoms with Crippen molar-refractivity contribution in [3.63, 3.8) is 0 Å². The van der Waals surface area contributed by atoms with Gasteiger partial charge in [-0.2, -0.15) is 0 Å². The van der Waals surface area contributed by atoms with Crippen LogP contribution in [0.25, 0.3) is 0 Å². The minimum absolute atomic E-state index is 1.07. The topological polar surface area (TPSA) is 0 Å². The fraction of sp³-hybridized carbons (Fsp3) is 0.875. The van der Waals surface area contributed by atoms with Gasteiger partial charge in [0, 0.05) is 0 Å². The van der Waals surface area contributed by atoms with Crippen LogP contribution in [0.4, 0.5) is 0 Å². The first-order valence-corrected chi connectivity index (χ1v) is 7.52. The third kappa shape index (κ3) is 3.12. The normalized spacial score (nSPS) is 31.8. The van der Waals surface area contributed by atoms with Crippen LogP contribution < -0.4 is 0 Å². The highest BCUT2D eigenvalue weighted by Gasteiger charge is 2.33. The van der Waals surface area contributed by atoms with Crippen LogP contribution in [0.2, 0.25) is 0 Å². The Balaban J connectivity index is 1.79. The lowest BCUT2D eigenvalue weighted by Crippen LogP contribution is -2.21. The van der Waals surface area contributed by atoms with Gasteiger partial charge in [-0.05, 0) is 43.4 Å². The molecule has 0 aliphatic heterocycles. The molecule has 0 bridgehead atoms. The second kappa shape index (κ2) is 6.47. The van der Waals surface area contributed by atoms with Crippen molar-refractivity contribution in [2.24, 2.45) is 17.8 Å². The molecule has 0 N–H and O–H groups in total. The van der Waals surface area contributed by atoms with Crippen molar-refractivity contribution in [1.29, 1.82) is 0 Å². The molecule has 0 spiro atoms. The summed E-state index contributed by atoms with van der Waals surface area (Å²) in [7, 11) is 0. The predicted molar refractivity (Wildman–Crippen MR) is 71.5 cm³/mol. The molecule has 2 atom stereocenters. The fourth-order valence-electron chi connectivity index (χ4n) is 4.13. The summed E-state index contributed by atoms with van der Waals surface area (Å²) in [5, 5.41) is 0. The number of rotatable bonds is 5. The molecular weight excluding hydrogens is 192 g/mol. The highest BCUT2D eigenvalue weighted by Crippen LogP contribution is 2.44. The second-order valence-corrected chi connectivity index (χ2v) is 5.97. The van der Waals surface area contributed by atoms with Crippen LogP contribution in [-0.4, -0.2) is 0 Å². The smallest absolute Gasteiger partial charge is 0.0353 e. The number of hydrogen-bond donors (Lipinski definition) is 0. The number of hydrogen-bond acceptors (Lipinski definition) is 0. The third-order valence-electron chi connectivity index (χ3n) is 4.96. The largest absolute Gasteiger partial charge is 0.103 e. The summed E-state index contributed by atoms with van der Waals surface area (Å²) in [4.78, 5) is 0. The van der Waals surface area contributed by atoms with Gasteiger partial charge in [-0.1, -0.05) is 51.0 Å². The van der Waals surface area contributed by atoms with Crippen molar-refractivity contribution in [3.05, 3.63) is 12.7 Å². The van der Waals surface area contributed by atoms with Crippen molar-refractivity contribution in [2.45, 2.75) is 70.6 Å². The van der Waals surface area contributed by atoms with E-state index in [1.807, 2.05) is 0 Å². The molecule has 0 heteroatoms. The highest BCUT2D eigenvalue weighted by atomic mass is 14.4. The summed E-state index contributed by atoms with van der Waals surface area (Å²) in [6, 6.07) is 0. The first-order valence-electron chi connectivity index (χ1n) is 7.52. The quantitative estimate of drug-likeness (QED) is 0.433. The SMILES string of the molecule is C=CCCC[C@H]1CCCC1C1CCCCC1. The van der Waals surface area contributed by atoms with E-state index >= 15 is 0 Å². The van der Waals surface area contributed by atoms with E-state index < -0.39 is 0 Å². The Kier molecular flexibility index (Phi) is 4.93. The lowest BCUT2D eigenvalue weighted by Gasteiger charge is -2.31. The summed E-state index contributed by atoms with van der Waals surface area (Å²) < 4.78 is 0. The summed E-state index contributed by atoms with van der Waals surface area (Å²) in [6.07, 6.45) is 18.4. The molecule has 0 aromatic rings. The Morgan fingerprint density at radius 2 is 1.75 bits per heavy atom. The Morgan fingerprint density at radius 3 is 2.50 bits per heavy atom. The van der Waals surface area contributed by atoms with Gasteiger partial charge in [0.1, 0.15) is 0 Å². The van der Waals surface area contributed by atoms with Gasteiger partial charge >= 0.3 is 0 Å². The fourth-order valence-corrected chi connectivity index (χ4v) is 4.13. The summed E-state index contributed by atoms with van der Waals surface area (Å²) in [5.41, 5.74) is 0. The summed E-state index contributed by atoms with van der Waals surface area (Å²) in [5.74, 6) is 3.28. The van der Waals surface area contributed by atoms with Crippen LogP contribution in [0.5, 0.6) is 0 Å². The summed E-state index contributed by atoms with van der Waals surface area (Å²) >= 11 is 0.